The van der Waals surface area contributed by atoms with Crippen LogP contribution in [0.1, 0.15) is 24.2 Å². The first-order valence-electron chi connectivity index (χ1n) is 8.77. The van der Waals surface area contributed by atoms with Gasteiger partial charge in [-0.05, 0) is 18.2 Å². The summed E-state index contributed by atoms with van der Waals surface area (Å²) in [5.74, 6) is -0.614. The van der Waals surface area contributed by atoms with Crippen molar-refractivity contribution in [3.8, 4) is 0 Å². The van der Waals surface area contributed by atoms with Crippen LogP contribution in [0.4, 0.5) is 0 Å². The summed E-state index contributed by atoms with van der Waals surface area (Å²) in [6, 6.07) is 5.88. The number of amides is 2. The van der Waals surface area contributed by atoms with E-state index in [1.807, 2.05) is 0 Å². The summed E-state index contributed by atoms with van der Waals surface area (Å²) in [6.07, 6.45) is 0. The minimum Gasteiger partial charge on any atom is -0.343 e. The van der Waals surface area contributed by atoms with Crippen LogP contribution in [0.5, 0.6) is 0 Å². The van der Waals surface area contributed by atoms with Gasteiger partial charge in [0.25, 0.3) is 5.91 Å². The van der Waals surface area contributed by atoms with Gasteiger partial charge in [0.15, 0.2) is 0 Å². The molecule has 0 bridgehead atoms. The van der Waals surface area contributed by atoms with Crippen LogP contribution in [0.2, 0.25) is 0 Å². The molecule has 2 amide bonds. The van der Waals surface area contributed by atoms with Crippen molar-refractivity contribution in [1.29, 1.82) is 0 Å². The molecule has 2 rings (SSSR count). The molecule has 1 saturated heterocycles. The minimum absolute atomic E-state index is 0.0716. The molecule has 1 aromatic rings. The van der Waals surface area contributed by atoms with E-state index in [1.54, 1.807) is 18.7 Å². The molecule has 0 aliphatic carbocycles. The largest absolute Gasteiger partial charge is 0.343 e. The standard InChI is InChI=1S/C17H26N4O4S/c1-3-21(4-2)26(24,25)15-7-5-6-14(12-15)17(23)19-13-16(22)20-10-8-18-9-11-20/h5-7,12,18H,3-4,8-11,13H2,1-2H3,(H,19,23). The van der Waals surface area contributed by atoms with Crippen LogP contribution in [0.3, 0.4) is 0 Å². The summed E-state index contributed by atoms with van der Waals surface area (Å²) >= 11 is 0. The van der Waals surface area contributed by atoms with Crippen molar-refractivity contribution in [1.82, 2.24) is 19.8 Å². The molecule has 2 N–H and O–H groups in total. The van der Waals surface area contributed by atoms with E-state index in [2.05, 4.69) is 10.6 Å². The van der Waals surface area contributed by atoms with Crippen molar-refractivity contribution in [3.05, 3.63) is 29.8 Å². The second kappa shape index (κ2) is 9.11. The van der Waals surface area contributed by atoms with Gasteiger partial charge in [0.05, 0.1) is 11.4 Å². The molecule has 0 radical (unpaired) electrons. The number of hydrogen-bond acceptors (Lipinski definition) is 5. The highest BCUT2D eigenvalue weighted by atomic mass is 32.2. The van der Waals surface area contributed by atoms with Crippen LogP contribution in [-0.2, 0) is 14.8 Å². The van der Waals surface area contributed by atoms with Crippen LogP contribution in [-0.4, -0.2) is 75.3 Å². The highest BCUT2D eigenvalue weighted by molar-refractivity contribution is 7.89. The number of hydrogen-bond donors (Lipinski definition) is 2. The number of sulfonamides is 1. The minimum atomic E-state index is -3.63. The van der Waals surface area contributed by atoms with Gasteiger partial charge in [-0.2, -0.15) is 4.31 Å². The number of nitrogens with one attached hydrogen (secondary N) is 2. The molecule has 0 aromatic heterocycles. The Labute approximate surface area is 154 Å². The molecule has 0 spiro atoms. The summed E-state index contributed by atoms with van der Waals surface area (Å²) in [6.45, 7) is 6.85. The van der Waals surface area contributed by atoms with E-state index in [-0.39, 0.29) is 22.9 Å². The molecule has 144 valence electrons. The fourth-order valence-corrected chi connectivity index (χ4v) is 4.30. The third kappa shape index (κ3) is 4.80. The van der Waals surface area contributed by atoms with Gasteiger partial charge in [0.2, 0.25) is 15.9 Å². The second-order valence-electron chi connectivity index (χ2n) is 5.93. The third-order valence-electron chi connectivity index (χ3n) is 4.31. The Morgan fingerprint density at radius 2 is 1.85 bits per heavy atom. The average molecular weight is 382 g/mol. The molecule has 1 fully saturated rings. The van der Waals surface area contributed by atoms with E-state index in [0.29, 0.717) is 26.2 Å². The summed E-state index contributed by atoms with van der Waals surface area (Å²) in [4.78, 5) is 26.2. The van der Waals surface area contributed by atoms with Gasteiger partial charge in [0.1, 0.15) is 0 Å². The maximum Gasteiger partial charge on any atom is 0.251 e. The van der Waals surface area contributed by atoms with Crippen molar-refractivity contribution < 1.29 is 18.0 Å². The normalized spacial score (nSPS) is 15.1. The van der Waals surface area contributed by atoms with Gasteiger partial charge in [-0.25, -0.2) is 8.42 Å². The number of rotatable bonds is 7. The molecular formula is C17H26N4O4S. The van der Waals surface area contributed by atoms with Gasteiger partial charge < -0.3 is 15.5 Å². The quantitative estimate of drug-likeness (QED) is 0.685. The Bertz CT molecular complexity index is 741. The molecule has 9 heteroatoms. The SMILES string of the molecule is CCN(CC)S(=O)(=O)c1cccc(C(=O)NCC(=O)N2CCNCC2)c1. The lowest BCUT2D eigenvalue weighted by Crippen LogP contribution is -2.49. The Hall–Kier alpha value is -1.97. The predicted octanol–water partition coefficient (Wildman–Crippen LogP) is -0.121. The van der Waals surface area contributed by atoms with E-state index < -0.39 is 15.9 Å². The monoisotopic (exact) mass is 382 g/mol. The maximum absolute atomic E-state index is 12.6. The van der Waals surface area contributed by atoms with E-state index in [9.17, 15) is 18.0 Å². The Morgan fingerprint density at radius 3 is 2.46 bits per heavy atom. The first kappa shape index (κ1) is 20.3. The summed E-state index contributed by atoms with van der Waals surface area (Å²) < 4.78 is 26.5. The highest BCUT2D eigenvalue weighted by Crippen LogP contribution is 2.17. The maximum atomic E-state index is 12.6. The van der Waals surface area contributed by atoms with E-state index >= 15 is 0 Å². The number of piperazine rings is 1. The number of carbonyl (C=O) groups is 2. The Morgan fingerprint density at radius 1 is 1.19 bits per heavy atom. The Balaban J connectivity index is 2.04. The lowest BCUT2D eigenvalue weighted by atomic mass is 10.2. The van der Waals surface area contributed by atoms with Crippen LogP contribution in [0, 0.1) is 0 Å². The molecule has 26 heavy (non-hydrogen) atoms. The molecule has 8 nitrogen and oxygen atoms in total. The van der Waals surface area contributed by atoms with Crippen LogP contribution < -0.4 is 10.6 Å². The fourth-order valence-electron chi connectivity index (χ4n) is 2.79. The number of carbonyl (C=O) groups excluding carboxylic acids is 2. The number of nitrogens with zero attached hydrogens (tertiary/aromatic N) is 2. The van der Waals surface area contributed by atoms with Crippen molar-refractivity contribution >= 4 is 21.8 Å². The molecule has 1 aromatic carbocycles. The summed E-state index contributed by atoms with van der Waals surface area (Å²) in [5, 5.41) is 5.73. The van der Waals surface area contributed by atoms with Crippen molar-refractivity contribution in [2.45, 2.75) is 18.7 Å². The number of benzene rings is 1. The average Bonchev–Trinajstić information content (AvgIpc) is 2.67. The van der Waals surface area contributed by atoms with Crippen LogP contribution in [0.25, 0.3) is 0 Å². The van der Waals surface area contributed by atoms with Crippen LogP contribution in [0.15, 0.2) is 29.2 Å². The first-order valence-corrected chi connectivity index (χ1v) is 10.2. The van der Waals surface area contributed by atoms with Gasteiger partial charge >= 0.3 is 0 Å². The molecular weight excluding hydrogens is 356 g/mol. The van der Waals surface area contributed by atoms with Crippen molar-refractivity contribution in [3.63, 3.8) is 0 Å². The van der Waals surface area contributed by atoms with Crippen molar-refractivity contribution in [2.24, 2.45) is 0 Å². The van der Waals surface area contributed by atoms with Gasteiger partial charge in [-0.15, -0.1) is 0 Å². The zero-order chi connectivity index (χ0) is 19.2. The van der Waals surface area contributed by atoms with Gasteiger partial charge in [-0.1, -0.05) is 19.9 Å². The van der Waals surface area contributed by atoms with E-state index in [1.165, 1.54) is 28.6 Å². The van der Waals surface area contributed by atoms with Gasteiger partial charge in [-0.3, -0.25) is 9.59 Å². The van der Waals surface area contributed by atoms with Crippen molar-refractivity contribution in [2.75, 3.05) is 45.8 Å². The Kier molecular flexibility index (Phi) is 7.13. The van der Waals surface area contributed by atoms with Crippen LogP contribution >= 0.6 is 0 Å². The molecule has 0 atom stereocenters. The fraction of sp³-hybridized carbons (Fsp3) is 0.529. The molecule has 1 heterocycles. The highest BCUT2D eigenvalue weighted by Gasteiger charge is 2.23. The first-order chi connectivity index (χ1) is 12.4. The van der Waals surface area contributed by atoms with E-state index in [4.69, 9.17) is 0 Å². The second-order valence-corrected chi connectivity index (χ2v) is 7.87. The smallest absolute Gasteiger partial charge is 0.251 e. The lowest BCUT2D eigenvalue weighted by molar-refractivity contribution is -0.130. The van der Waals surface area contributed by atoms with Gasteiger partial charge in [0, 0.05) is 44.8 Å². The molecule has 1 aliphatic heterocycles. The zero-order valence-electron chi connectivity index (χ0n) is 15.2. The lowest BCUT2D eigenvalue weighted by Gasteiger charge is -2.27. The molecule has 0 saturated carbocycles. The topological polar surface area (TPSA) is 98.8 Å². The molecule has 1 aliphatic rings. The van der Waals surface area contributed by atoms with E-state index in [0.717, 1.165) is 13.1 Å². The summed E-state index contributed by atoms with van der Waals surface area (Å²) in [7, 11) is -3.63. The zero-order valence-corrected chi connectivity index (χ0v) is 16.0. The summed E-state index contributed by atoms with van der Waals surface area (Å²) in [5.41, 5.74) is 0.214. The third-order valence-corrected chi connectivity index (χ3v) is 6.36. The molecule has 0 unspecified atom stereocenters. The predicted molar refractivity (Wildman–Crippen MR) is 98.3 cm³/mol.